The molecule has 0 aromatic heterocycles. The van der Waals surface area contributed by atoms with Crippen LogP contribution in [0.5, 0.6) is 5.75 Å². The minimum Gasteiger partial charge on any atom is -0.481 e. The van der Waals surface area contributed by atoms with Gasteiger partial charge in [-0.2, -0.15) is 0 Å². The van der Waals surface area contributed by atoms with Crippen LogP contribution in [0.4, 0.5) is 5.69 Å². The normalized spacial score (nSPS) is 16.4. The second-order valence-corrected chi connectivity index (χ2v) is 8.64. The smallest absolute Gasteiger partial charge is 0.263 e. The molecule has 2 atom stereocenters. The van der Waals surface area contributed by atoms with Crippen LogP contribution >= 0.6 is 11.6 Å². The van der Waals surface area contributed by atoms with Crippen molar-refractivity contribution in [2.75, 3.05) is 5.32 Å². The van der Waals surface area contributed by atoms with Gasteiger partial charge in [0.1, 0.15) is 5.75 Å². The van der Waals surface area contributed by atoms with Gasteiger partial charge in [0.25, 0.3) is 5.91 Å². The number of amides is 2. The van der Waals surface area contributed by atoms with E-state index in [1.54, 1.807) is 11.8 Å². The zero-order valence-corrected chi connectivity index (χ0v) is 19.5. The van der Waals surface area contributed by atoms with Gasteiger partial charge in [0, 0.05) is 29.4 Å². The van der Waals surface area contributed by atoms with E-state index >= 15 is 0 Å². The summed E-state index contributed by atoms with van der Waals surface area (Å²) in [6.07, 6.45) is 0.0818. The number of nitrogens with zero attached hydrogens (tertiary/aromatic N) is 1. The molecule has 0 spiro atoms. The fourth-order valence-corrected chi connectivity index (χ4v) is 4.33. The molecule has 1 heterocycles. The molecule has 1 N–H and O–H groups in total. The lowest BCUT2D eigenvalue weighted by Crippen LogP contribution is -2.37. The van der Waals surface area contributed by atoms with Gasteiger partial charge >= 0.3 is 0 Å². The van der Waals surface area contributed by atoms with E-state index in [1.807, 2.05) is 79.7 Å². The predicted octanol–water partition coefficient (Wildman–Crippen LogP) is 5.78. The quantitative estimate of drug-likeness (QED) is 0.505. The monoisotopic (exact) mass is 462 g/mol. The number of rotatable bonds is 6. The number of halogens is 1. The highest BCUT2D eigenvalue weighted by Gasteiger charge is 2.29. The van der Waals surface area contributed by atoms with Crippen LogP contribution in [0.15, 0.2) is 72.8 Å². The average molecular weight is 463 g/mol. The molecule has 3 aromatic carbocycles. The summed E-state index contributed by atoms with van der Waals surface area (Å²) < 4.78 is 5.93. The number of benzene rings is 3. The van der Waals surface area contributed by atoms with Crippen molar-refractivity contribution in [3.05, 3.63) is 94.5 Å². The Morgan fingerprint density at radius 2 is 1.85 bits per heavy atom. The third-order valence-corrected chi connectivity index (χ3v) is 6.27. The fourth-order valence-electron chi connectivity index (χ4n) is 4.13. The minimum atomic E-state index is -0.614. The molecule has 0 unspecified atom stereocenters. The van der Waals surface area contributed by atoms with E-state index in [0.717, 1.165) is 16.7 Å². The highest BCUT2D eigenvalue weighted by Crippen LogP contribution is 2.31. The van der Waals surface area contributed by atoms with Crippen molar-refractivity contribution in [3.8, 4) is 5.75 Å². The van der Waals surface area contributed by atoms with Gasteiger partial charge in [0.15, 0.2) is 6.10 Å². The van der Waals surface area contributed by atoms with E-state index in [1.165, 1.54) is 0 Å². The van der Waals surface area contributed by atoms with Crippen LogP contribution in [-0.4, -0.2) is 22.8 Å². The molecule has 0 saturated heterocycles. The lowest BCUT2D eigenvalue weighted by Gasteiger charge is -2.23. The summed E-state index contributed by atoms with van der Waals surface area (Å²) in [7, 11) is 0. The SMILES string of the molecule is CC[C@@H](C(=O)Nc1ccc2c(c1)CN(Cc1ccccc1Cl)C(=O)[C@H](C)O2)c1ccccc1. The Hall–Kier alpha value is -3.31. The number of hydrogen-bond acceptors (Lipinski definition) is 3. The standard InChI is InChI=1S/C27H27ClN2O3/c1-3-23(19-9-5-4-6-10-19)26(31)29-22-13-14-25-21(15-22)17-30(27(32)18(2)33-25)16-20-11-7-8-12-24(20)28/h4-15,18,23H,3,16-17H2,1-2H3,(H,29,31)/t18-,23+/m0/s1. The lowest BCUT2D eigenvalue weighted by molar-refractivity contribution is -0.138. The van der Waals surface area contributed by atoms with Crippen molar-refractivity contribution in [1.29, 1.82) is 0 Å². The Balaban J connectivity index is 1.56. The summed E-state index contributed by atoms with van der Waals surface area (Å²) in [5.74, 6) is 0.243. The lowest BCUT2D eigenvalue weighted by atomic mass is 9.95. The third kappa shape index (κ3) is 5.20. The predicted molar refractivity (Wildman–Crippen MR) is 130 cm³/mol. The zero-order valence-electron chi connectivity index (χ0n) is 18.8. The van der Waals surface area contributed by atoms with Gasteiger partial charge in [-0.25, -0.2) is 0 Å². The maximum absolute atomic E-state index is 13.0. The van der Waals surface area contributed by atoms with Crippen LogP contribution in [0.2, 0.25) is 5.02 Å². The van der Waals surface area contributed by atoms with E-state index in [9.17, 15) is 9.59 Å². The van der Waals surface area contributed by atoms with Crippen LogP contribution in [0.3, 0.4) is 0 Å². The molecule has 0 aliphatic carbocycles. The molecule has 4 rings (SSSR count). The van der Waals surface area contributed by atoms with Crippen molar-refractivity contribution in [3.63, 3.8) is 0 Å². The van der Waals surface area contributed by atoms with Gasteiger partial charge in [-0.05, 0) is 48.7 Å². The molecule has 0 saturated carbocycles. The largest absolute Gasteiger partial charge is 0.481 e. The van der Waals surface area contributed by atoms with Crippen molar-refractivity contribution in [2.24, 2.45) is 0 Å². The van der Waals surface area contributed by atoms with Crippen molar-refractivity contribution in [2.45, 2.75) is 45.4 Å². The van der Waals surface area contributed by atoms with Gasteiger partial charge in [0.2, 0.25) is 5.91 Å². The molecular weight excluding hydrogens is 436 g/mol. The molecule has 0 fully saturated rings. The molecule has 170 valence electrons. The molecule has 0 radical (unpaired) electrons. The molecule has 2 amide bonds. The van der Waals surface area contributed by atoms with Gasteiger partial charge in [-0.1, -0.05) is 67.1 Å². The highest BCUT2D eigenvalue weighted by molar-refractivity contribution is 6.31. The second kappa shape index (κ2) is 10.1. The van der Waals surface area contributed by atoms with Crippen LogP contribution in [-0.2, 0) is 22.7 Å². The number of nitrogens with one attached hydrogen (secondary N) is 1. The maximum atomic E-state index is 13.0. The Kier molecular flexibility index (Phi) is 6.99. The van der Waals surface area contributed by atoms with Crippen LogP contribution in [0.25, 0.3) is 0 Å². The molecule has 5 nitrogen and oxygen atoms in total. The fraction of sp³-hybridized carbons (Fsp3) is 0.259. The van der Waals surface area contributed by atoms with E-state index < -0.39 is 6.10 Å². The number of carbonyl (C=O) groups excluding carboxylic acids is 2. The van der Waals surface area contributed by atoms with Crippen LogP contribution in [0.1, 0.15) is 42.9 Å². The van der Waals surface area contributed by atoms with Crippen LogP contribution < -0.4 is 10.1 Å². The van der Waals surface area contributed by atoms with E-state index in [2.05, 4.69) is 5.32 Å². The van der Waals surface area contributed by atoms with Gasteiger partial charge < -0.3 is 15.0 Å². The van der Waals surface area contributed by atoms with E-state index in [4.69, 9.17) is 16.3 Å². The molecular formula is C27H27ClN2O3. The average Bonchev–Trinajstić information content (AvgIpc) is 2.93. The van der Waals surface area contributed by atoms with Gasteiger partial charge in [-0.15, -0.1) is 0 Å². The first-order valence-electron chi connectivity index (χ1n) is 11.1. The summed E-state index contributed by atoms with van der Waals surface area (Å²) in [6, 6.07) is 22.8. The zero-order chi connectivity index (χ0) is 23.4. The molecule has 1 aliphatic heterocycles. The molecule has 6 heteroatoms. The summed E-state index contributed by atoms with van der Waals surface area (Å²) in [6.45, 7) is 4.50. The number of hydrogen-bond donors (Lipinski definition) is 1. The van der Waals surface area contributed by atoms with Crippen LogP contribution in [0, 0.1) is 0 Å². The number of fused-ring (bicyclic) bond motifs is 1. The molecule has 0 bridgehead atoms. The summed E-state index contributed by atoms with van der Waals surface area (Å²) >= 11 is 6.33. The number of ether oxygens (including phenoxy) is 1. The number of carbonyl (C=O) groups is 2. The first kappa shape index (κ1) is 22.9. The van der Waals surface area contributed by atoms with Crippen molar-refractivity contribution >= 4 is 29.1 Å². The Morgan fingerprint density at radius 3 is 2.58 bits per heavy atom. The molecule has 33 heavy (non-hydrogen) atoms. The Morgan fingerprint density at radius 1 is 1.12 bits per heavy atom. The second-order valence-electron chi connectivity index (χ2n) is 8.23. The summed E-state index contributed by atoms with van der Waals surface area (Å²) in [5, 5.41) is 3.66. The molecule has 3 aromatic rings. The maximum Gasteiger partial charge on any atom is 0.263 e. The summed E-state index contributed by atoms with van der Waals surface area (Å²) in [5.41, 5.74) is 3.38. The van der Waals surface area contributed by atoms with Crippen molar-refractivity contribution in [1.82, 2.24) is 4.90 Å². The van der Waals surface area contributed by atoms with Crippen molar-refractivity contribution < 1.29 is 14.3 Å². The van der Waals surface area contributed by atoms with E-state index in [0.29, 0.717) is 36.0 Å². The number of anilines is 1. The van der Waals surface area contributed by atoms with Gasteiger partial charge in [-0.3, -0.25) is 9.59 Å². The topological polar surface area (TPSA) is 58.6 Å². The minimum absolute atomic E-state index is 0.0597. The third-order valence-electron chi connectivity index (χ3n) is 5.90. The Labute approximate surface area is 199 Å². The van der Waals surface area contributed by atoms with Gasteiger partial charge in [0.05, 0.1) is 5.92 Å². The Bertz CT molecular complexity index is 1150. The summed E-state index contributed by atoms with van der Waals surface area (Å²) in [4.78, 5) is 27.7. The first-order valence-corrected chi connectivity index (χ1v) is 11.5. The first-order chi connectivity index (χ1) is 16.0. The highest BCUT2D eigenvalue weighted by atomic mass is 35.5. The molecule has 1 aliphatic rings. The van der Waals surface area contributed by atoms with E-state index in [-0.39, 0.29) is 17.7 Å².